The molecule has 1 N–H and O–H groups in total. The molecular weight excluding hydrogens is 176 g/mol. The van der Waals surface area contributed by atoms with E-state index in [1.54, 1.807) is 6.08 Å². The van der Waals surface area contributed by atoms with Crippen LogP contribution < -0.4 is 5.32 Å². The summed E-state index contributed by atoms with van der Waals surface area (Å²) in [6.07, 6.45) is 2.39. The van der Waals surface area contributed by atoms with E-state index in [0.717, 1.165) is 19.6 Å². The van der Waals surface area contributed by atoms with Crippen LogP contribution in [0.25, 0.3) is 0 Å². The number of halogens is 1. The molecular formula is C8H15ClN2O. The van der Waals surface area contributed by atoms with E-state index in [9.17, 15) is 4.79 Å². The van der Waals surface area contributed by atoms with E-state index in [4.69, 9.17) is 0 Å². The van der Waals surface area contributed by atoms with Gasteiger partial charge in [0.1, 0.15) is 0 Å². The van der Waals surface area contributed by atoms with Crippen molar-refractivity contribution in [3.63, 3.8) is 0 Å². The Labute approximate surface area is 79.2 Å². The molecule has 1 aliphatic rings. The number of nitrogens with one attached hydrogen (secondary N) is 1. The Balaban J connectivity index is 0.00000121. The Hall–Kier alpha value is -0.540. The summed E-state index contributed by atoms with van der Waals surface area (Å²) in [5.41, 5.74) is 0. The largest absolute Gasteiger partial charge is 0.338 e. The lowest BCUT2D eigenvalue weighted by Crippen LogP contribution is -2.32. The minimum absolute atomic E-state index is 0. The van der Waals surface area contributed by atoms with Crippen molar-refractivity contribution in [2.45, 2.75) is 6.42 Å². The number of carbonyl (C=O) groups excluding carboxylic acids is 1. The van der Waals surface area contributed by atoms with Gasteiger partial charge in [-0.15, -0.1) is 19.0 Å². The number of nitrogens with zero attached hydrogens (tertiary/aromatic N) is 1. The lowest BCUT2D eigenvalue weighted by Gasteiger charge is -2.17. The van der Waals surface area contributed by atoms with E-state index < -0.39 is 0 Å². The number of rotatable bonds is 2. The summed E-state index contributed by atoms with van der Waals surface area (Å²) in [5.74, 6) is 0.231. The van der Waals surface area contributed by atoms with Gasteiger partial charge < -0.3 is 10.2 Å². The van der Waals surface area contributed by atoms with Crippen LogP contribution >= 0.6 is 12.4 Å². The molecule has 1 amide bonds. The van der Waals surface area contributed by atoms with E-state index in [-0.39, 0.29) is 18.3 Å². The Bertz CT molecular complexity index is 161. The molecule has 0 spiro atoms. The van der Waals surface area contributed by atoms with Gasteiger partial charge in [-0.25, -0.2) is 0 Å². The molecule has 0 radical (unpaired) electrons. The molecule has 1 rings (SSSR count). The average molecular weight is 191 g/mol. The second kappa shape index (κ2) is 6.03. The summed E-state index contributed by atoms with van der Waals surface area (Å²) in [6.45, 7) is 6.81. The van der Waals surface area contributed by atoms with Gasteiger partial charge >= 0.3 is 0 Å². The molecule has 1 aliphatic heterocycles. The summed E-state index contributed by atoms with van der Waals surface area (Å²) in [6, 6.07) is 0. The monoisotopic (exact) mass is 190 g/mol. The van der Waals surface area contributed by atoms with Gasteiger partial charge in [0, 0.05) is 32.6 Å². The highest BCUT2D eigenvalue weighted by atomic mass is 35.5. The maximum atomic E-state index is 11.2. The summed E-state index contributed by atoms with van der Waals surface area (Å²) in [7, 11) is 0. The molecule has 0 aromatic carbocycles. The topological polar surface area (TPSA) is 32.3 Å². The Morgan fingerprint density at radius 1 is 1.58 bits per heavy atom. The molecule has 0 aromatic rings. The first-order chi connectivity index (χ1) is 5.34. The summed E-state index contributed by atoms with van der Waals surface area (Å²) in [4.78, 5) is 13.1. The van der Waals surface area contributed by atoms with Crippen molar-refractivity contribution in [1.29, 1.82) is 0 Å². The van der Waals surface area contributed by atoms with Crippen molar-refractivity contribution in [3.05, 3.63) is 12.7 Å². The fourth-order valence-electron chi connectivity index (χ4n) is 1.17. The number of amides is 1. The minimum atomic E-state index is 0. The predicted octanol–water partition coefficient (Wildman–Crippen LogP) is 0.416. The summed E-state index contributed by atoms with van der Waals surface area (Å²) >= 11 is 0. The van der Waals surface area contributed by atoms with Crippen molar-refractivity contribution >= 4 is 18.3 Å². The van der Waals surface area contributed by atoms with E-state index in [1.165, 1.54) is 0 Å². The van der Waals surface area contributed by atoms with Gasteiger partial charge in [0.2, 0.25) is 5.91 Å². The summed E-state index contributed by atoms with van der Waals surface area (Å²) in [5, 5.41) is 3.17. The maximum Gasteiger partial charge on any atom is 0.224 e. The quantitative estimate of drug-likeness (QED) is 0.640. The maximum absolute atomic E-state index is 11.2. The van der Waals surface area contributed by atoms with Crippen LogP contribution in [0.1, 0.15) is 6.42 Å². The number of carbonyl (C=O) groups is 1. The van der Waals surface area contributed by atoms with Crippen LogP contribution in [0.15, 0.2) is 12.7 Å². The highest BCUT2D eigenvalue weighted by Gasteiger charge is 2.13. The smallest absolute Gasteiger partial charge is 0.224 e. The highest BCUT2D eigenvalue weighted by molar-refractivity contribution is 5.85. The fraction of sp³-hybridized carbons (Fsp3) is 0.625. The van der Waals surface area contributed by atoms with Crippen LogP contribution in [0.2, 0.25) is 0 Å². The van der Waals surface area contributed by atoms with Crippen LogP contribution in [0.3, 0.4) is 0 Å². The molecule has 1 saturated heterocycles. The van der Waals surface area contributed by atoms with Crippen molar-refractivity contribution in [3.8, 4) is 0 Å². The van der Waals surface area contributed by atoms with Gasteiger partial charge in [-0.3, -0.25) is 4.79 Å². The lowest BCUT2D eigenvalue weighted by molar-refractivity contribution is -0.129. The zero-order valence-corrected chi connectivity index (χ0v) is 7.90. The van der Waals surface area contributed by atoms with Crippen molar-refractivity contribution in [2.24, 2.45) is 0 Å². The SMILES string of the molecule is C=CCN1CCNCCC1=O.Cl. The molecule has 0 saturated carbocycles. The molecule has 0 atom stereocenters. The second-order valence-corrected chi connectivity index (χ2v) is 2.63. The third-order valence-corrected chi connectivity index (χ3v) is 1.78. The fourth-order valence-corrected chi connectivity index (χ4v) is 1.17. The van der Waals surface area contributed by atoms with Crippen molar-refractivity contribution < 1.29 is 4.79 Å². The molecule has 0 aliphatic carbocycles. The van der Waals surface area contributed by atoms with Gasteiger partial charge in [0.05, 0.1) is 0 Å². The Kier molecular flexibility index (Phi) is 5.76. The first-order valence-corrected chi connectivity index (χ1v) is 3.94. The molecule has 0 bridgehead atoms. The van der Waals surface area contributed by atoms with E-state index >= 15 is 0 Å². The van der Waals surface area contributed by atoms with Crippen molar-refractivity contribution in [1.82, 2.24) is 10.2 Å². The van der Waals surface area contributed by atoms with Crippen LogP contribution in [0.4, 0.5) is 0 Å². The van der Waals surface area contributed by atoms with Crippen LogP contribution in [0.5, 0.6) is 0 Å². The molecule has 0 aromatic heterocycles. The normalized spacial score (nSPS) is 18.0. The van der Waals surface area contributed by atoms with Gasteiger partial charge in [-0.05, 0) is 0 Å². The van der Waals surface area contributed by atoms with Crippen LogP contribution in [-0.2, 0) is 4.79 Å². The van der Waals surface area contributed by atoms with Crippen LogP contribution in [-0.4, -0.2) is 37.0 Å². The second-order valence-electron chi connectivity index (χ2n) is 2.63. The summed E-state index contributed by atoms with van der Waals surface area (Å²) < 4.78 is 0. The Morgan fingerprint density at radius 3 is 3.00 bits per heavy atom. The molecule has 3 nitrogen and oxygen atoms in total. The zero-order chi connectivity index (χ0) is 8.10. The van der Waals surface area contributed by atoms with E-state index in [1.807, 2.05) is 4.90 Å². The van der Waals surface area contributed by atoms with Gasteiger partial charge in [-0.2, -0.15) is 0 Å². The molecule has 1 heterocycles. The first kappa shape index (κ1) is 11.5. The van der Waals surface area contributed by atoms with Crippen molar-refractivity contribution in [2.75, 3.05) is 26.2 Å². The number of hydrogen-bond acceptors (Lipinski definition) is 2. The molecule has 70 valence electrons. The van der Waals surface area contributed by atoms with Gasteiger partial charge in [-0.1, -0.05) is 6.08 Å². The molecule has 0 unspecified atom stereocenters. The molecule has 1 fully saturated rings. The Morgan fingerprint density at radius 2 is 2.33 bits per heavy atom. The standard InChI is InChI=1S/C8H14N2O.ClH/c1-2-6-10-7-5-9-4-3-8(10)11;/h2,9H,1,3-7H2;1H. The molecule has 4 heteroatoms. The highest BCUT2D eigenvalue weighted by Crippen LogP contribution is 1.96. The van der Waals surface area contributed by atoms with Crippen LogP contribution in [0, 0.1) is 0 Å². The average Bonchev–Trinajstić information content (AvgIpc) is 2.18. The minimum Gasteiger partial charge on any atom is -0.338 e. The predicted molar refractivity (Wildman–Crippen MR) is 51.5 cm³/mol. The molecule has 12 heavy (non-hydrogen) atoms. The number of hydrogen-bond donors (Lipinski definition) is 1. The van der Waals surface area contributed by atoms with Gasteiger partial charge in [0.15, 0.2) is 0 Å². The first-order valence-electron chi connectivity index (χ1n) is 3.94. The third-order valence-electron chi connectivity index (χ3n) is 1.78. The van der Waals surface area contributed by atoms with Gasteiger partial charge in [0.25, 0.3) is 0 Å². The third kappa shape index (κ3) is 3.24. The van der Waals surface area contributed by atoms with E-state index in [0.29, 0.717) is 13.0 Å². The van der Waals surface area contributed by atoms with E-state index in [2.05, 4.69) is 11.9 Å². The lowest BCUT2D eigenvalue weighted by atomic mass is 10.3. The zero-order valence-electron chi connectivity index (χ0n) is 7.08.